The molecular formula is C63H42N2. The lowest BCUT2D eigenvalue weighted by molar-refractivity contribution is 0.768. The molecule has 1 aliphatic carbocycles. The predicted octanol–water partition coefficient (Wildman–Crippen LogP) is 16.6. The van der Waals surface area contributed by atoms with E-state index in [1.165, 1.54) is 87.9 Å². The molecular weight excluding hydrogens is 785 g/mol. The fourth-order valence-electron chi connectivity index (χ4n) is 11.1. The highest BCUT2D eigenvalue weighted by atomic mass is 15.1. The minimum absolute atomic E-state index is 0.473. The lowest BCUT2D eigenvalue weighted by atomic mass is 9.68. The van der Waals surface area contributed by atoms with Gasteiger partial charge < -0.3 is 9.47 Å². The van der Waals surface area contributed by atoms with Crippen LogP contribution in [0.3, 0.4) is 0 Å². The Morgan fingerprint density at radius 3 is 1.63 bits per heavy atom. The molecule has 11 aromatic carbocycles. The SMILES string of the molecule is c1ccc(-n2c3ccccc3c3ccc(-c4ccc(N(c5ccc(C6(c7ccccc7)c7ccccc7-c7ccccc76)cc5)c5cccc6ccccc56)c5ccccc45)cc32)cc1. The molecule has 0 fully saturated rings. The molecule has 2 nitrogen and oxygen atoms in total. The number of nitrogens with zero attached hydrogens (tertiary/aromatic N) is 2. The maximum absolute atomic E-state index is 2.47. The summed E-state index contributed by atoms with van der Waals surface area (Å²) in [5.41, 5.74) is 16.6. The van der Waals surface area contributed by atoms with Gasteiger partial charge in [-0.1, -0.05) is 206 Å². The van der Waals surface area contributed by atoms with Crippen LogP contribution >= 0.6 is 0 Å². The van der Waals surface area contributed by atoms with Crippen LogP contribution in [0, 0.1) is 0 Å². The molecule has 0 atom stereocenters. The minimum atomic E-state index is -0.473. The van der Waals surface area contributed by atoms with Crippen LogP contribution in [0.1, 0.15) is 22.3 Å². The molecule has 0 N–H and O–H groups in total. The summed E-state index contributed by atoms with van der Waals surface area (Å²) >= 11 is 0. The van der Waals surface area contributed by atoms with E-state index in [-0.39, 0.29) is 0 Å². The molecule has 1 aromatic heterocycles. The topological polar surface area (TPSA) is 8.17 Å². The van der Waals surface area contributed by atoms with Crippen LogP contribution in [-0.4, -0.2) is 4.57 Å². The van der Waals surface area contributed by atoms with E-state index in [1.807, 2.05) is 0 Å². The van der Waals surface area contributed by atoms with Gasteiger partial charge in [-0.3, -0.25) is 0 Å². The van der Waals surface area contributed by atoms with Crippen molar-refractivity contribution >= 4 is 60.4 Å². The van der Waals surface area contributed by atoms with Crippen LogP contribution in [0.25, 0.3) is 71.3 Å². The molecule has 304 valence electrons. The van der Waals surface area contributed by atoms with E-state index >= 15 is 0 Å². The van der Waals surface area contributed by atoms with Crippen molar-refractivity contribution in [2.45, 2.75) is 5.41 Å². The molecule has 0 saturated heterocycles. The van der Waals surface area contributed by atoms with Crippen molar-refractivity contribution in [1.82, 2.24) is 4.57 Å². The van der Waals surface area contributed by atoms with E-state index in [9.17, 15) is 0 Å². The van der Waals surface area contributed by atoms with Gasteiger partial charge in [0.25, 0.3) is 0 Å². The molecule has 1 aliphatic rings. The Hall–Kier alpha value is -8.46. The van der Waals surface area contributed by atoms with E-state index in [1.54, 1.807) is 0 Å². The highest BCUT2D eigenvalue weighted by Crippen LogP contribution is 2.56. The zero-order valence-electron chi connectivity index (χ0n) is 35.6. The molecule has 0 bridgehead atoms. The molecule has 13 rings (SSSR count). The normalized spacial score (nSPS) is 12.7. The maximum atomic E-state index is 2.47. The van der Waals surface area contributed by atoms with Crippen molar-refractivity contribution in [3.8, 4) is 27.9 Å². The van der Waals surface area contributed by atoms with Gasteiger partial charge in [-0.25, -0.2) is 0 Å². The Kier molecular flexibility index (Phi) is 8.47. The van der Waals surface area contributed by atoms with Gasteiger partial charge in [-0.15, -0.1) is 0 Å². The van der Waals surface area contributed by atoms with E-state index in [0.717, 1.165) is 22.7 Å². The summed E-state index contributed by atoms with van der Waals surface area (Å²) in [7, 11) is 0. The van der Waals surface area contributed by atoms with Gasteiger partial charge in [0.2, 0.25) is 0 Å². The van der Waals surface area contributed by atoms with Crippen molar-refractivity contribution in [3.63, 3.8) is 0 Å². The van der Waals surface area contributed by atoms with Crippen molar-refractivity contribution in [2.75, 3.05) is 4.90 Å². The van der Waals surface area contributed by atoms with Gasteiger partial charge in [0.1, 0.15) is 0 Å². The summed E-state index contributed by atoms with van der Waals surface area (Å²) in [6.07, 6.45) is 0. The first-order valence-electron chi connectivity index (χ1n) is 22.5. The van der Waals surface area contributed by atoms with Gasteiger partial charge in [0, 0.05) is 32.9 Å². The van der Waals surface area contributed by atoms with E-state index in [0.29, 0.717) is 0 Å². The third kappa shape index (κ3) is 5.60. The van der Waals surface area contributed by atoms with Crippen LogP contribution in [0.2, 0.25) is 0 Å². The Morgan fingerprint density at radius 2 is 0.877 bits per heavy atom. The van der Waals surface area contributed by atoms with Crippen molar-refractivity contribution in [1.29, 1.82) is 0 Å². The molecule has 12 aromatic rings. The number of para-hydroxylation sites is 2. The average molecular weight is 827 g/mol. The third-order valence-corrected chi connectivity index (χ3v) is 13.9. The molecule has 65 heavy (non-hydrogen) atoms. The van der Waals surface area contributed by atoms with E-state index in [4.69, 9.17) is 0 Å². The fourth-order valence-corrected chi connectivity index (χ4v) is 11.1. The summed E-state index contributed by atoms with van der Waals surface area (Å²) in [6.45, 7) is 0. The smallest absolute Gasteiger partial charge is 0.0713 e. The molecule has 0 aliphatic heterocycles. The first-order valence-corrected chi connectivity index (χ1v) is 22.5. The van der Waals surface area contributed by atoms with Crippen molar-refractivity contribution < 1.29 is 0 Å². The number of fused-ring (bicyclic) bond motifs is 8. The second-order valence-corrected chi connectivity index (χ2v) is 17.2. The standard InChI is InChI=1S/C63H42N2/c1-3-20-45(21-4-1)63(57-30-14-11-26-52(57)53-27-12-15-31-58(53)63)46-35-37-48(38-36-46)64(59-33-17-19-43-18-7-8-24-50(43)59)61-41-40-49(51-25-9-10-28-54(51)61)44-34-39-56-55-29-13-16-32-60(55)65(62(56)42-44)47-22-5-2-6-23-47/h1-42H. The fraction of sp³-hybridized carbons (Fsp3) is 0.0159. The second-order valence-electron chi connectivity index (χ2n) is 17.2. The highest BCUT2D eigenvalue weighted by molar-refractivity contribution is 6.13. The first-order chi connectivity index (χ1) is 32.3. The van der Waals surface area contributed by atoms with Crippen LogP contribution in [0.15, 0.2) is 255 Å². The monoisotopic (exact) mass is 826 g/mol. The molecule has 2 heteroatoms. The average Bonchev–Trinajstić information content (AvgIpc) is 3.88. The highest BCUT2D eigenvalue weighted by Gasteiger charge is 2.45. The molecule has 0 unspecified atom stereocenters. The van der Waals surface area contributed by atoms with Crippen LogP contribution in [0.4, 0.5) is 17.1 Å². The van der Waals surface area contributed by atoms with Gasteiger partial charge in [0.15, 0.2) is 0 Å². The summed E-state index contributed by atoms with van der Waals surface area (Å²) < 4.78 is 2.40. The molecule has 1 heterocycles. The predicted molar refractivity (Wildman–Crippen MR) is 273 cm³/mol. The summed E-state index contributed by atoms with van der Waals surface area (Å²) in [6, 6.07) is 93.9. The number of aromatic nitrogens is 1. The first kappa shape index (κ1) is 37.1. The van der Waals surface area contributed by atoms with E-state index in [2.05, 4.69) is 264 Å². The lowest BCUT2D eigenvalue weighted by Gasteiger charge is -2.34. The third-order valence-electron chi connectivity index (χ3n) is 13.9. The quantitative estimate of drug-likeness (QED) is 0.155. The van der Waals surface area contributed by atoms with Gasteiger partial charge in [0.05, 0.1) is 27.8 Å². The zero-order chi connectivity index (χ0) is 42.9. The Labute approximate surface area is 378 Å². The van der Waals surface area contributed by atoms with Crippen LogP contribution in [0.5, 0.6) is 0 Å². The number of anilines is 3. The summed E-state index contributed by atoms with van der Waals surface area (Å²) in [4.78, 5) is 2.47. The second kappa shape index (κ2) is 14.8. The number of hydrogen-bond donors (Lipinski definition) is 0. The van der Waals surface area contributed by atoms with Crippen LogP contribution < -0.4 is 4.90 Å². The molecule has 0 saturated carbocycles. The van der Waals surface area contributed by atoms with Gasteiger partial charge >= 0.3 is 0 Å². The maximum Gasteiger partial charge on any atom is 0.0713 e. The number of rotatable bonds is 7. The van der Waals surface area contributed by atoms with Crippen molar-refractivity contribution in [3.05, 3.63) is 277 Å². The largest absolute Gasteiger partial charge is 0.309 e. The minimum Gasteiger partial charge on any atom is -0.309 e. The number of benzene rings is 11. The van der Waals surface area contributed by atoms with Crippen molar-refractivity contribution in [2.24, 2.45) is 0 Å². The molecule has 0 amide bonds. The van der Waals surface area contributed by atoms with Gasteiger partial charge in [-0.05, 0) is 104 Å². The molecule has 0 spiro atoms. The summed E-state index contributed by atoms with van der Waals surface area (Å²) in [5, 5.41) is 7.30. The van der Waals surface area contributed by atoms with E-state index < -0.39 is 5.41 Å². The summed E-state index contributed by atoms with van der Waals surface area (Å²) in [5.74, 6) is 0. The van der Waals surface area contributed by atoms with Gasteiger partial charge in [-0.2, -0.15) is 0 Å². The molecule has 0 radical (unpaired) electrons. The number of hydrogen-bond acceptors (Lipinski definition) is 1. The Balaban J connectivity index is 1.01. The lowest BCUT2D eigenvalue weighted by Crippen LogP contribution is -2.28. The Morgan fingerprint density at radius 1 is 0.323 bits per heavy atom. The zero-order valence-corrected chi connectivity index (χ0v) is 35.6. The Bertz CT molecular complexity index is 3720. The van der Waals surface area contributed by atoms with Crippen LogP contribution in [-0.2, 0) is 5.41 Å².